The average molecular weight is 176 g/mol. The number of rotatable bonds is 5. The summed E-state index contributed by atoms with van der Waals surface area (Å²) in [6.45, 7) is 0.682. The molecule has 0 radical (unpaired) electrons. The molecule has 0 aliphatic carbocycles. The van der Waals surface area contributed by atoms with Crippen LogP contribution in [0.5, 0.6) is 0 Å². The molecule has 0 fully saturated rings. The number of hydrogen-bond acceptors (Lipinski definition) is 3. The second kappa shape index (κ2) is 6.06. The van der Waals surface area contributed by atoms with Gasteiger partial charge < -0.3 is 15.8 Å². The molecular formula is C6H12N2O2S. The minimum absolute atomic E-state index is 0.0975. The lowest BCUT2D eigenvalue weighted by molar-refractivity contribution is -0.121. The van der Waals surface area contributed by atoms with Gasteiger partial charge in [0.05, 0.1) is 18.1 Å². The van der Waals surface area contributed by atoms with Crippen LogP contribution in [0.1, 0.15) is 6.42 Å². The molecule has 0 aromatic rings. The van der Waals surface area contributed by atoms with Crippen LogP contribution in [0, 0.1) is 0 Å². The molecule has 64 valence electrons. The highest BCUT2D eigenvalue weighted by Crippen LogP contribution is 1.79. The molecule has 0 saturated carbocycles. The Balaban J connectivity index is 3.30. The maximum Gasteiger partial charge on any atom is 0.222 e. The zero-order valence-corrected chi connectivity index (χ0v) is 7.24. The maximum absolute atomic E-state index is 10.8. The first-order valence-corrected chi connectivity index (χ1v) is 3.61. The van der Waals surface area contributed by atoms with Crippen LogP contribution in [0.4, 0.5) is 0 Å². The smallest absolute Gasteiger partial charge is 0.222 e. The van der Waals surface area contributed by atoms with E-state index in [1.54, 1.807) is 7.11 Å². The van der Waals surface area contributed by atoms with Crippen molar-refractivity contribution >= 4 is 23.1 Å². The number of methoxy groups -OCH3 is 1. The van der Waals surface area contributed by atoms with E-state index in [0.717, 1.165) is 0 Å². The lowest BCUT2D eigenvalue weighted by Gasteiger charge is -2.01. The molecule has 1 amide bonds. The Morgan fingerprint density at radius 3 is 2.82 bits per heavy atom. The second-order valence-corrected chi connectivity index (χ2v) is 2.51. The Morgan fingerprint density at radius 2 is 2.36 bits per heavy atom. The first-order valence-electron chi connectivity index (χ1n) is 3.20. The summed E-state index contributed by atoms with van der Waals surface area (Å²) in [5, 5.41) is 2.53. The molecule has 5 heteroatoms. The van der Waals surface area contributed by atoms with Gasteiger partial charge in [-0.15, -0.1) is 0 Å². The van der Waals surface area contributed by atoms with Gasteiger partial charge in [0.25, 0.3) is 0 Å². The molecule has 4 nitrogen and oxygen atoms in total. The van der Waals surface area contributed by atoms with Crippen LogP contribution in [0.2, 0.25) is 0 Å². The monoisotopic (exact) mass is 176 g/mol. The van der Waals surface area contributed by atoms with E-state index in [1.165, 1.54) is 0 Å². The summed E-state index contributed by atoms with van der Waals surface area (Å²) in [7, 11) is 1.54. The van der Waals surface area contributed by atoms with Crippen LogP contribution in [-0.4, -0.2) is 31.2 Å². The highest BCUT2D eigenvalue weighted by atomic mass is 32.1. The first-order chi connectivity index (χ1) is 5.16. The third kappa shape index (κ3) is 7.21. The molecule has 0 aliphatic rings. The van der Waals surface area contributed by atoms with Crippen molar-refractivity contribution in [1.82, 2.24) is 5.32 Å². The van der Waals surface area contributed by atoms with Crippen molar-refractivity contribution in [3.05, 3.63) is 0 Å². The lowest BCUT2D eigenvalue weighted by Crippen LogP contribution is -2.32. The fraction of sp³-hybridized carbons (Fsp3) is 0.667. The summed E-state index contributed by atoms with van der Waals surface area (Å²) >= 11 is 4.56. The Labute approximate surface area is 71.1 Å². The Kier molecular flexibility index (Phi) is 5.68. The lowest BCUT2D eigenvalue weighted by atomic mass is 10.4. The number of nitrogens with two attached hydrogens (primary N) is 1. The molecule has 0 bridgehead atoms. The van der Waals surface area contributed by atoms with E-state index in [1.807, 2.05) is 0 Å². The number of ether oxygens (including phenoxy) is 1. The summed E-state index contributed by atoms with van der Waals surface area (Å²) in [6, 6.07) is 0. The topological polar surface area (TPSA) is 64.3 Å². The molecule has 0 unspecified atom stereocenters. The minimum atomic E-state index is -0.0975. The zero-order valence-electron chi connectivity index (χ0n) is 6.42. The van der Waals surface area contributed by atoms with Crippen LogP contribution in [0.3, 0.4) is 0 Å². The van der Waals surface area contributed by atoms with Crippen LogP contribution in [-0.2, 0) is 9.53 Å². The zero-order chi connectivity index (χ0) is 8.69. The van der Waals surface area contributed by atoms with Crippen LogP contribution in [0.25, 0.3) is 0 Å². The minimum Gasteiger partial charge on any atom is -0.392 e. The molecular weight excluding hydrogens is 164 g/mol. The number of amides is 1. The summed E-state index contributed by atoms with van der Waals surface area (Å²) < 4.78 is 4.69. The molecule has 0 aromatic carbocycles. The number of carbonyl (C=O) groups excluding carboxylic acids is 1. The number of thiocarbonyl (C=S) groups is 1. The van der Waals surface area contributed by atoms with Crippen molar-refractivity contribution in [2.24, 2.45) is 5.73 Å². The molecule has 0 aliphatic heterocycles. The van der Waals surface area contributed by atoms with Crippen molar-refractivity contribution in [1.29, 1.82) is 0 Å². The molecule has 0 heterocycles. The highest BCUT2D eigenvalue weighted by molar-refractivity contribution is 7.80. The summed E-state index contributed by atoms with van der Waals surface area (Å²) in [5.74, 6) is -0.0975. The van der Waals surface area contributed by atoms with Gasteiger partial charge in [0, 0.05) is 13.5 Å². The first kappa shape index (κ1) is 10.3. The van der Waals surface area contributed by atoms with E-state index < -0.39 is 0 Å². The van der Waals surface area contributed by atoms with Crippen LogP contribution < -0.4 is 11.1 Å². The van der Waals surface area contributed by atoms with Gasteiger partial charge in [0.1, 0.15) is 0 Å². The predicted octanol–water partition coefficient (Wildman–Crippen LogP) is -0.575. The third-order valence-electron chi connectivity index (χ3n) is 0.993. The van der Waals surface area contributed by atoms with Crippen molar-refractivity contribution in [2.75, 3.05) is 20.3 Å². The van der Waals surface area contributed by atoms with Gasteiger partial charge in [-0.25, -0.2) is 0 Å². The molecule has 0 rings (SSSR count). The molecule has 0 spiro atoms. The SMILES string of the molecule is COCCC(=O)NCC(N)=S. The highest BCUT2D eigenvalue weighted by Gasteiger charge is 1.99. The van der Waals surface area contributed by atoms with Crippen molar-refractivity contribution in [2.45, 2.75) is 6.42 Å². The number of carbonyl (C=O) groups is 1. The van der Waals surface area contributed by atoms with Gasteiger partial charge in [0.15, 0.2) is 0 Å². The molecule has 0 atom stereocenters. The van der Waals surface area contributed by atoms with Gasteiger partial charge in [-0.3, -0.25) is 4.79 Å². The van der Waals surface area contributed by atoms with Gasteiger partial charge >= 0.3 is 0 Å². The number of nitrogens with one attached hydrogen (secondary N) is 1. The van der Waals surface area contributed by atoms with Gasteiger partial charge in [-0.1, -0.05) is 12.2 Å². The van der Waals surface area contributed by atoms with Gasteiger partial charge in [0.2, 0.25) is 5.91 Å². The Bertz CT molecular complexity index is 150. The summed E-state index contributed by atoms with van der Waals surface area (Å²) in [6.07, 6.45) is 0.346. The van der Waals surface area contributed by atoms with E-state index in [2.05, 4.69) is 17.5 Å². The van der Waals surface area contributed by atoms with Crippen molar-refractivity contribution < 1.29 is 9.53 Å². The fourth-order valence-corrected chi connectivity index (χ4v) is 0.541. The standard InChI is InChI=1S/C6H12N2O2S/c1-10-3-2-6(9)8-4-5(7)11/h2-4H2,1H3,(H2,7,11)(H,8,9). The quantitative estimate of drug-likeness (QED) is 0.550. The van der Waals surface area contributed by atoms with Crippen molar-refractivity contribution in [3.8, 4) is 0 Å². The second-order valence-electron chi connectivity index (χ2n) is 1.99. The van der Waals surface area contributed by atoms with E-state index in [4.69, 9.17) is 10.5 Å². The van der Waals surface area contributed by atoms with Gasteiger partial charge in [-0.05, 0) is 0 Å². The average Bonchev–Trinajstić information content (AvgIpc) is 1.97. The maximum atomic E-state index is 10.8. The van der Waals surface area contributed by atoms with Crippen LogP contribution >= 0.6 is 12.2 Å². The summed E-state index contributed by atoms with van der Waals surface area (Å²) in [5.41, 5.74) is 5.15. The van der Waals surface area contributed by atoms with Gasteiger partial charge in [-0.2, -0.15) is 0 Å². The van der Waals surface area contributed by atoms with Crippen molar-refractivity contribution in [3.63, 3.8) is 0 Å². The largest absolute Gasteiger partial charge is 0.392 e. The van der Waals surface area contributed by atoms with E-state index >= 15 is 0 Å². The molecule has 3 N–H and O–H groups in total. The summed E-state index contributed by atoms with van der Waals surface area (Å²) in [4.78, 5) is 11.1. The Hall–Kier alpha value is -0.680. The predicted molar refractivity (Wildman–Crippen MR) is 46.3 cm³/mol. The normalized spacial score (nSPS) is 9.18. The molecule has 11 heavy (non-hydrogen) atoms. The van der Waals surface area contributed by atoms with E-state index in [0.29, 0.717) is 13.0 Å². The van der Waals surface area contributed by atoms with E-state index in [9.17, 15) is 4.79 Å². The molecule has 0 saturated heterocycles. The fourth-order valence-electron chi connectivity index (χ4n) is 0.469. The third-order valence-corrected chi connectivity index (χ3v) is 1.14. The van der Waals surface area contributed by atoms with Crippen LogP contribution in [0.15, 0.2) is 0 Å². The molecule has 0 aromatic heterocycles. The number of hydrogen-bond donors (Lipinski definition) is 2. The van der Waals surface area contributed by atoms with E-state index in [-0.39, 0.29) is 17.4 Å². The Morgan fingerprint density at radius 1 is 1.73 bits per heavy atom.